The quantitative estimate of drug-likeness (QED) is 0.748. The summed E-state index contributed by atoms with van der Waals surface area (Å²) in [6.07, 6.45) is 4.26. The zero-order chi connectivity index (χ0) is 12.0. The molecule has 1 rings (SSSR count). The first-order valence-electron chi connectivity index (χ1n) is 4.92. The molecule has 1 atom stereocenters. The van der Waals surface area contributed by atoms with E-state index in [0.29, 0.717) is 12.1 Å². The standard InChI is InChI=1S/C10H15BrN2O2S/c1-16-6-8(2-3-14)13-10(15)9-4-7(11)5-12-9/h4-5,8,12,14H,2-3,6H2,1H3,(H,13,15)/t8-/m1/s1. The van der Waals surface area contributed by atoms with Gasteiger partial charge in [0.25, 0.3) is 5.91 Å². The highest BCUT2D eigenvalue weighted by Gasteiger charge is 2.13. The number of H-pyrrole nitrogens is 1. The molecule has 1 heterocycles. The van der Waals surface area contributed by atoms with E-state index in [1.165, 1.54) is 0 Å². The average Bonchev–Trinajstić information content (AvgIpc) is 2.65. The largest absolute Gasteiger partial charge is 0.396 e. The maximum absolute atomic E-state index is 11.8. The van der Waals surface area contributed by atoms with Crippen LogP contribution in [0.1, 0.15) is 16.9 Å². The smallest absolute Gasteiger partial charge is 0.267 e. The predicted octanol–water partition coefficient (Wildman–Crippen LogP) is 1.62. The van der Waals surface area contributed by atoms with Gasteiger partial charge in [-0.15, -0.1) is 0 Å². The summed E-state index contributed by atoms with van der Waals surface area (Å²) in [6, 6.07) is 1.74. The van der Waals surface area contributed by atoms with Crippen molar-refractivity contribution >= 4 is 33.6 Å². The van der Waals surface area contributed by atoms with Crippen molar-refractivity contribution in [1.29, 1.82) is 0 Å². The Balaban J connectivity index is 2.54. The molecule has 4 nitrogen and oxygen atoms in total. The van der Waals surface area contributed by atoms with Gasteiger partial charge in [0.2, 0.25) is 0 Å². The minimum Gasteiger partial charge on any atom is -0.396 e. The molecule has 0 radical (unpaired) electrons. The zero-order valence-electron chi connectivity index (χ0n) is 9.00. The van der Waals surface area contributed by atoms with Gasteiger partial charge in [-0.1, -0.05) is 0 Å². The van der Waals surface area contributed by atoms with Crippen LogP contribution in [0.15, 0.2) is 16.7 Å². The number of hydrogen-bond donors (Lipinski definition) is 3. The highest BCUT2D eigenvalue weighted by molar-refractivity contribution is 9.10. The molecule has 90 valence electrons. The van der Waals surface area contributed by atoms with Gasteiger partial charge in [0.1, 0.15) is 5.69 Å². The molecule has 0 aromatic carbocycles. The Morgan fingerprint density at radius 1 is 1.75 bits per heavy atom. The predicted molar refractivity (Wildman–Crippen MR) is 69.8 cm³/mol. The second-order valence-corrected chi connectivity index (χ2v) is 5.20. The van der Waals surface area contributed by atoms with E-state index in [1.807, 2.05) is 6.26 Å². The highest BCUT2D eigenvalue weighted by Crippen LogP contribution is 2.11. The van der Waals surface area contributed by atoms with Gasteiger partial charge in [0.15, 0.2) is 0 Å². The Morgan fingerprint density at radius 2 is 2.50 bits per heavy atom. The number of carbonyl (C=O) groups excluding carboxylic acids is 1. The van der Waals surface area contributed by atoms with Crippen LogP contribution in [0.4, 0.5) is 0 Å². The van der Waals surface area contributed by atoms with Crippen LogP contribution in [-0.2, 0) is 0 Å². The number of carbonyl (C=O) groups is 1. The molecular formula is C10H15BrN2O2S. The minimum absolute atomic E-state index is 0.00887. The lowest BCUT2D eigenvalue weighted by atomic mass is 10.2. The number of aromatic amines is 1. The van der Waals surface area contributed by atoms with Crippen LogP contribution in [0.25, 0.3) is 0 Å². The summed E-state index contributed by atoms with van der Waals surface area (Å²) in [4.78, 5) is 14.6. The van der Waals surface area contributed by atoms with Crippen LogP contribution < -0.4 is 5.32 Å². The number of aliphatic hydroxyl groups excluding tert-OH is 1. The molecule has 0 unspecified atom stereocenters. The van der Waals surface area contributed by atoms with Gasteiger partial charge < -0.3 is 15.4 Å². The zero-order valence-corrected chi connectivity index (χ0v) is 11.4. The third kappa shape index (κ3) is 4.19. The molecule has 0 bridgehead atoms. The first-order chi connectivity index (χ1) is 7.67. The van der Waals surface area contributed by atoms with Crippen molar-refractivity contribution in [3.8, 4) is 0 Å². The van der Waals surface area contributed by atoms with Gasteiger partial charge >= 0.3 is 0 Å². The second-order valence-electron chi connectivity index (χ2n) is 3.37. The summed E-state index contributed by atoms with van der Waals surface area (Å²) in [7, 11) is 0. The van der Waals surface area contributed by atoms with E-state index < -0.39 is 0 Å². The molecule has 3 N–H and O–H groups in total. The maximum atomic E-state index is 11.8. The summed E-state index contributed by atoms with van der Waals surface area (Å²) in [5.74, 6) is 0.659. The van der Waals surface area contributed by atoms with Crippen molar-refractivity contribution in [3.63, 3.8) is 0 Å². The van der Waals surface area contributed by atoms with Gasteiger partial charge in [-0.05, 0) is 34.7 Å². The molecule has 0 aliphatic rings. The van der Waals surface area contributed by atoms with Gasteiger partial charge in [-0.2, -0.15) is 11.8 Å². The first kappa shape index (κ1) is 13.6. The topological polar surface area (TPSA) is 65.1 Å². The van der Waals surface area contributed by atoms with Crippen LogP contribution in [-0.4, -0.2) is 40.7 Å². The number of aromatic nitrogens is 1. The van der Waals surface area contributed by atoms with E-state index in [4.69, 9.17) is 5.11 Å². The Morgan fingerprint density at radius 3 is 3.00 bits per heavy atom. The second kappa shape index (κ2) is 6.98. The summed E-state index contributed by atoms with van der Waals surface area (Å²) < 4.78 is 0.848. The Bertz CT molecular complexity index is 337. The Labute approximate surface area is 107 Å². The number of amides is 1. The molecule has 16 heavy (non-hydrogen) atoms. The van der Waals surface area contributed by atoms with Crippen LogP contribution in [0, 0.1) is 0 Å². The van der Waals surface area contributed by atoms with E-state index in [9.17, 15) is 4.79 Å². The van der Waals surface area contributed by atoms with E-state index >= 15 is 0 Å². The fraction of sp³-hybridized carbons (Fsp3) is 0.500. The van der Waals surface area contributed by atoms with Crippen molar-refractivity contribution in [2.24, 2.45) is 0 Å². The molecule has 0 aliphatic carbocycles. The summed E-state index contributed by atoms with van der Waals surface area (Å²) in [5, 5.41) is 11.8. The first-order valence-corrected chi connectivity index (χ1v) is 7.10. The summed E-state index contributed by atoms with van der Waals surface area (Å²) in [6.45, 7) is 0.0833. The van der Waals surface area contributed by atoms with E-state index in [2.05, 4.69) is 26.2 Å². The van der Waals surface area contributed by atoms with E-state index in [0.717, 1.165) is 10.2 Å². The van der Waals surface area contributed by atoms with E-state index in [1.54, 1.807) is 24.0 Å². The van der Waals surface area contributed by atoms with Crippen LogP contribution >= 0.6 is 27.7 Å². The van der Waals surface area contributed by atoms with Crippen molar-refractivity contribution < 1.29 is 9.90 Å². The molecular weight excluding hydrogens is 292 g/mol. The Kier molecular flexibility index (Phi) is 5.94. The number of halogens is 1. The maximum Gasteiger partial charge on any atom is 0.267 e. The van der Waals surface area contributed by atoms with Crippen LogP contribution in [0.2, 0.25) is 0 Å². The third-order valence-electron chi connectivity index (χ3n) is 2.07. The third-order valence-corrected chi connectivity index (χ3v) is 3.27. The monoisotopic (exact) mass is 306 g/mol. The molecule has 0 aliphatic heterocycles. The molecule has 0 saturated carbocycles. The molecule has 1 aromatic rings. The SMILES string of the molecule is CSC[C@@H](CCO)NC(=O)c1cc(Br)c[nH]1. The summed E-state index contributed by atoms with van der Waals surface area (Å²) >= 11 is 4.92. The van der Waals surface area contributed by atoms with Crippen LogP contribution in [0.5, 0.6) is 0 Å². The number of hydrogen-bond acceptors (Lipinski definition) is 3. The van der Waals surface area contributed by atoms with E-state index in [-0.39, 0.29) is 18.6 Å². The molecule has 1 amide bonds. The van der Waals surface area contributed by atoms with Gasteiger partial charge in [-0.3, -0.25) is 4.79 Å². The van der Waals surface area contributed by atoms with Gasteiger partial charge in [-0.25, -0.2) is 0 Å². The minimum atomic E-state index is -0.141. The number of thioether (sulfide) groups is 1. The number of aliphatic hydroxyl groups is 1. The van der Waals surface area contributed by atoms with Crippen molar-refractivity contribution in [2.75, 3.05) is 18.6 Å². The lowest BCUT2D eigenvalue weighted by Crippen LogP contribution is -2.37. The fourth-order valence-electron chi connectivity index (χ4n) is 1.32. The van der Waals surface area contributed by atoms with Crippen molar-refractivity contribution in [1.82, 2.24) is 10.3 Å². The van der Waals surface area contributed by atoms with Gasteiger partial charge in [0, 0.05) is 29.1 Å². The van der Waals surface area contributed by atoms with Crippen molar-refractivity contribution in [3.05, 3.63) is 22.4 Å². The lowest BCUT2D eigenvalue weighted by Gasteiger charge is -2.15. The van der Waals surface area contributed by atoms with Gasteiger partial charge in [0.05, 0.1) is 0 Å². The molecule has 1 aromatic heterocycles. The summed E-state index contributed by atoms with van der Waals surface area (Å²) in [5.41, 5.74) is 0.524. The highest BCUT2D eigenvalue weighted by atomic mass is 79.9. The normalized spacial score (nSPS) is 12.4. The fourth-order valence-corrected chi connectivity index (χ4v) is 2.31. The molecule has 0 fully saturated rings. The number of nitrogens with one attached hydrogen (secondary N) is 2. The van der Waals surface area contributed by atoms with Crippen LogP contribution in [0.3, 0.4) is 0 Å². The molecule has 6 heteroatoms. The van der Waals surface area contributed by atoms with Crippen molar-refractivity contribution in [2.45, 2.75) is 12.5 Å². The average molecular weight is 307 g/mol. The lowest BCUT2D eigenvalue weighted by molar-refractivity contribution is 0.0931. The Hall–Kier alpha value is -0.460. The molecule has 0 spiro atoms. The number of rotatable bonds is 6. The molecule has 0 saturated heterocycles.